The first kappa shape index (κ1) is 9.81. The molecule has 0 bridgehead atoms. The molecule has 4 heteroatoms. The highest BCUT2D eigenvalue weighted by Gasteiger charge is 2.05. The maximum atomic E-state index is 10.5. The van der Waals surface area contributed by atoms with Gasteiger partial charge >= 0.3 is 5.97 Å². The summed E-state index contributed by atoms with van der Waals surface area (Å²) >= 11 is 0. The molecule has 0 radical (unpaired) electrons. The zero-order valence-corrected chi connectivity index (χ0v) is 7.14. The molecule has 14 heavy (non-hydrogen) atoms. The quantitative estimate of drug-likeness (QED) is 0.550. The number of hydrogen-bond acceptors (Lipinski definition) is 2. The van der Waals surface area contributed by atoms with E-state index in [2.05, 4.69) is 4.85 Å². The average molecular weight is 189 g/mol. The van der Waals surface area contributed by atoms with Crippen LogP contribution in [0.2, 0.25) is 0 Å². The molecule has 1 rings (SSSR count). The van der Waals surface area contributed by atoms with Crippen molar-refractivity contribution >= 4 is 12.0 Å². The maximum Gasteiger partial charge on any atom is 0.333 e. The van der Waals surface area contributed by atoms with Crippen molar-refractivity contribution in [2.24, 2.45) is 0 Å². The Kier molecular flexibility index (Phi) is 2.87. The van der Waals surface area contributed by atoms with E-state index in [0.29, 0.717) is 5.56 Å². The van der Waals surface area contributed by atoms with E-state index in [0.717, 1.165) is 0 Å². The Balaban J connectivity index is 3.03. The molecule has 0 aromatic heterocycles. The molecule has 0 spiro atoms. The molecular weight excluding hydrogens is 182 g/mol. The first-order chi connectivity index (χ1) is 6.63. The SMILES string of the molecule is [C-]#[N+]C(=Cc1ccc(O)cc1)C(=O)O. The summed E-state index contributed by atoms with van der Waals surface area (Å²) < 4.78 is 0. The molecule has 0 aliphatic heterocycles. The van der Waals surface area contributed by atoms with E-state index >= 15 is 0 Å². The van der Waals surface area contributed by atoms with Crippen molar-refractivity contribution in [2.45, 2.75) is 0 Å². The van der Waals surface area contributed by atoms with Crippen LogP contribution in [0.5, 0.6) is 5.75 Å². The average Bonchev–Trinajstić information content (AvgIpc) is 2.16. The summed E-state index contributed by atoms with van der Waals surface area (Å²) in [6.45, 7) is 6.61. The number of phenols is 1. The van der Waals surface area contributed by atoms with E-state index in [1.54, 1.807) is 0 Å². The molecule has 0 saturated heterocycles. The van der Waals surface area contributed by atoms with Crippen molar-refractivity contribution in [1.82, 2.24) is 0 Å². The fourth-order valence-corrected chi connectivity index (χ4v) is 0.870. The minimum atomic E-state index is -1.26. The van der Waals surface area contributed by atoms with Crippen LogP contribution < -0.4 is 0 Å². The van der Waals surface area contributed by atoms with Gasteiger partial charge < -0.3 is 10.2 Å². The minimum Gasteiger partial charge on any atom is -0.508 e. The molecule has 2 N–H and O–H groups in total. The smallest absolute Gasteiger partial charge is 0.333 e. The van der Waals surface area contributed by atoms with E-state index in [1.165, 1.54) is 30.3 Å². The van der Waals surface area contributed by atoms with Gasteiger partial charge in [-0.1, -0.05) is 12.1 Å². The molecule has 70 valence electrons. The number of aromatic hydroxyl groups is 1. The number of nitrogens with zero attached hydrogens (tertiary/aromatic N) is 1. The number of rotatable bonds is 2. The van der Waals surface area contributed by atoms with Crippen molar-refractivity contribution in [1.29, 1.82) is 0 Å². The monoisotopic (exact) mass is 189 g/mol. The van der Waals surface area contributed by atoms with Crippen LogP contribution in [0.25, 0.3) is 10.9 Å². The van der Waals surface area contributed by atoms with Gasteiger partial charge in [0.2, 0.25) is 0 Å². The van der Waals surface area contributed by atoms with Crippen LogP contribution in [0.3, 0.4) is 0 Å². The van der Waals surface area contributed by atoms with Crippen LogP contribution >= 0.6 is 0 Å². The minimum absolute atomic E-state index is 0.0989. The van der Waals surface area contributed by atoms with E-state index in [1.807, 2.05) is 0 Å². The van der Waals surface area contributed by atoms with Crippen LogP contribution in [-0.4, -0.2) is 16.2 Å². The highest BCUT2D eigenvalue weighted by Crippen LogP contribution is 2.13. The van der Waals surface area contributed by atoms with Gasteiger partial charge in [0.25, 0.3) is 5.70 Å². The summed E-state index contributed by atoms with van der Waals surface area (Å²) in [5.41, 5.74) is 0.215. The third kappa shape index (κ3) is 2.35. The number of hydrogen-bond donors (Lipinski definition) is 2. The summed E-state index contributed by atoms with van der Waals surface area (Å²) in [5.74, 6) is -1.16. The third-order valence-electron chi connectivity index (χ3n) is 1.54. The Morgan fingerprint density at radius 1 is 1.36 bits per heavy atom. The van der Waals surface area contributed by atoms with Gasteiger partial charge in [-0.15, -0.1) is 0 Å². The molecule has 0 saturated carbocycles. The number of carboxylic acid groups (broad SMARTS) is 1. The molecule has 0 unspecified atom stereocenters. The molecule has 1 aromatic rings. The van der Waals surface area contributed by atoms with E-state index < -0.39 is 5.97 Å². The Hall–Kier alpha value is -2.28. The third-order valence-corrected chi connectivity index (χ3v) is 1.54. The lowest BCUT2D eigenvalue weighted by Gasteiger charge is -1.94. The second-order valence-electron chi connectivity index (χ2n) is 2.54. The summed E-state index contributed by atoms with van der Waals surface area (Å²) in [6, 6.07) is 5.91. The second-order valence-corrected chi connectivity index (χ2v) is 2.54. The Morgan fingerprint density at radius 3 is 2.36 bits per heavy atom. The van der Waals surface area contributed by atoms with Gasteiger partial charge in [-0.05, 0) is 23.8 Å². The zero-order chi connectivity index (χ0) is 10.6. The maximum absolute atomic E-state index is 10.5. The number of phenolic OH excluding ortho intramolecular Hbond substituents is 1. The van der Waals surface area contributed by atoms with Crippen molar-refractivity contribution in [3.63, 3.8) is 0 Å². The first-order valence-electron chi connectivity index (χ1n) is 3.75. The van der Waals surface area contributed by atoms with Crippen LogP contribution in [0, 0.1) is 6.57 Å². The molecule has 1 aromatic carbocycles. The van der Waals surface area contributed by atoms with Crippen LogP contribution in [-0.2, 0) is 4.79 Å². The molecule has 0 fully saturated rings. The number of carbonyl (C=O) groups is 1. The van der Waals surface area contributed by atoms with E-state index in [-0.39, 0.29) is 11.4 Å². The summed E-state index contributed by atoms with van der Waals surface area (Å²) in [6.07, 6.45) is 1.24. The molecule has 0 amide bonds. The van der Waals surface area contributed by atoms with Gasteiger partial charge in [0.05, 0.1) is 6.57 Å². The summed E-state index contributed by atoms with van der Waals surface area (Å²) in [5, 5.41) is 17.5. The lowest BCUT2D eigenvalue weighted by atomic mass is 10.2. The Bertz CT molecular complexity index is 412. The standard InChI is InChI=1S/C10H7NO3/c1-11-9(10(13)14)6-7-2-4-8(12)5-3-7/h2-6,12H,(H,13,14). The van der Waals surface area contributed by atoms with E-state index in [9.17, 15) is 4.79 Å². The normalized spacial score (nSPS) is 10.6. The molecule has 0 aliphatic carbocycles. The van der Waals surface area contributed by atoms with Gasteiger partial charge in [-0.2, -0.15) is 0 Å². The lowest BCUT2D eigenvalue weighted by molar-refractivity contribution is -0.132. The largest absolute Gasteiger partial charge is 0.508 e. The fraction of sp³-hybridized carbons (Fsp3) is 0. The molecule has 0 atom stereocenters. The molecular formula is C10H7NO3. The fourth-order valence-electron chi connectivity index (χ4n) is 0.870. The predicted octanol–water partition coefficient (Wildman–Crippen LogP) is 1.74. The molecule has 0 aliphatic rings. The van der Waals surface area contributed by atoms with Gasteiger partial charge in [0.1, 0.15) is 5.75 Å². The molecule has 0 heterocycles. The summed E-state index contributed by atoms with van der Waals surface area (Å²) in [4.78, 5) is 13.3. The Morgan fingerprint density at radius 2 is 1.93 bits per heavy atom. The highest BCUT2D eigenvalue weighted by molar-refractivity contribution is 5.94. The number of benzene rings is 1. The zero-order valence-electron chi connectivity index (χ0n) is 7.14. The first-order valence-corrected chi connectivity index (χ1v) is 3.75. The number of aliphatic carboxylic acids is 1. The van der Waals surface area contributed by atoms with Crippen molar-refractivity contribution < 1.29 is 15.0 Å². The van der Waals surface area contributed by atoms with Crippen molar-refractivity contribution in [2.75, 3.05) is 0 Å². The van der Waals surface area contributed by atoms with Crippen molar-refractivity contribution in [3.05, 3.63) is 46.9 Å². The van der Waals surface area contributed by atoms with E-state index in [4.69, 9.17) is 16.8 Å². The highest BCUT2D eigenvalue weighted by atomic mass is 16.4. The predicted molar refractivity (Wildman–Crippen MR) is 50.3 cm³/mol. The van der Waals surface area contributed by atoms with Crippen molar-refractivity contribution in [3.8, 4) is 5.75 Å². The van der Waals surface area contributed by atoms with Crippen LogP contribution in [0.15, 0.2) is 30.0 Å². The van der Waals surface area contributed by atoms with Crippen LogP contribution in [0.4, 0.5) is 0 Å². The van der Waals surface area contributed by atoms with Gasteiger partial charge in [-0.3, -0.25) is 4.79 Å². The Labute approximate surface area is 80.6 Å². The van der Waals surface area contributed by atoms with Gasteiger partial charge in [0.15, 0.2) is 0 Å². The van der Waals surface area contributed by atoms with Gasteiger partial charge in [0, 0.05) is 0 Å². The lowest BCUT2D eigenvalue weighted by Crippen LogP contribution is -1.95. The second kappa shape index (κ2) is 4.10. The van der Waals surface area contributed by atoms with Gasteiger partial charge in [-0.25, -0.2) is 4.85 Å². The topological polar surface area (TPSA) is 61.9 Å². The molecule has 4 nitrogen and oxygen atoms in total. The number of carboxylic acids is 1. The van der Waals surface area contributed by atoms with Crippen LogP contribution in [0.1, 0.15) is 5.56 Å². The summed E-state index contributed by atoms with van der Waals surface area (Å²) in [7, 11) is 0.